The molecule has 4 rings (SSSR count). The molecule has 0 aliphatic heterocycles. The van der Waals surface area contributed by atoms with E-state index in [-0.39, 0.29) is 31.3 Å². The van der Waals surface area contributed by atoms with Crippen LogP contribution in [-0.2, 0) is 20.9 Å². The Kier molecular flexibility index (Phi) is 7.27. The minimum atomic E-state index is -1.03. The van der Waals surface area contributed by atoms with Gasteiger partial charge < -0.3 is 20.1 Å². The van der Waals surface area contributed by atoms with Gasteiger partial charge in [-0.1, -0.05) is 54.6 Å². The highest BCUT2D eigenvalue weighted by Crippen LogP contribution is 2.44. The van der Waals surface area contributed by atoms with Gasteiger partial charge in [0.2, 0.25) is 5.91 Å². The maximum Gasteiger partial charge on any atom is 0.407 e. The van der Waals surface area contributed by atoms with Crippen molar-refractivity contribution < 1.29 is 24.2 Å². The third kappa shape index (κ3) is 5.28. The van der Waals surface area contributed by atoms with Gasteiger partial charge in [0.15, 0.2) is 0 Å². The molecule has 1 aliphatic rings. The van der Waals surface area contributed by atoms with Crippen molar-refractivity contribution in [2.24, 2.45) is 0 Å². The predicted octanol–water partition coefficient (Wildman–Crippen LogP) is 4.48. The number of ether oxygens (including phenoxy) is 1. The van der Waals surface area contributed by atoms with Crippen LogP contribution in [0.5, 0.6) is 0 Å². The maximum atomic E-state index is 13.0. The minimum absolute atomic E-state index is 0.0207. The molecule has 8 heteroatoms. The van der Waals surface area contributed by atoms with Crippen LogP contribution < -0.4 is 5.32 Å². The molecule has 3 aromatic rings. The zero-order chi connectivity index (χ0) is 24.1. The molecule has 1 heterocycles. The van der Waals surface area contributed by atoms with Crippen molar-refractivity contribution in [2.45, 2.75) is 31.3 Å². The predicted molar refractivity (Wildman–Crippen MR) is 130 cm³/mol. The fourth-order valence-electron chi connectivity index (χ4n) is 4.29. The fourth-order valence-corrected chi connectivity index (χ4v) is 5.05. The number of carboxylic acids is 1. The molecule has 0 bridgehead atoms. The Hall–Kier alpha value is -3.65. The molecule has 1 unspecified atom stereocenters. The Balaban J connectivity index is 1.41. The van der Waals surface area contributed by atoms with E-state index < -0.39 is 18.1 Å². The van der Waals surface area contributed by atoms with Gasteiger partial charge in [-0.05, 0) is 40.1 Å². The molecule has 0 saturated heterocycles. The largest absolute Gasteiger partial charge is 0.481 e. The number of thiophene rings is 1. The molecule has 176 valence electrons. The molecule has 2 aromatic carbocycles. The van der Waals surface area contributed by atoms with Gasteiger partial charge >= 0.3 is 12.1 Å². The van der Waals surface area contributed by atoms with Crippen LogP contribution in [0.25, 0.3) is 11.1 Å². The SMILES string of the molecule is CN(Cc1cccs1)C(=O)C(CCC(=O)O)NC(=O)OCC1c2ccccc2-c2ccccc21. The molecule has 1 atom stereocenters. The molecule has 1 aromatic heterocycles. The van der Waals surface area contributed by atoms with Crippen molar-refractivity contribution in [3.63, 3.8) is 0 Å². The van der Waals surface area contributed by atoms with E-state index in [9.17, 15) is 14.4 Å². The maximum absolute atomic E-state index is 13.0. The van der Waals surface area contributed by atoms with Crippen LogP contribution in [-0.4, -0.2) is 47.7 Å². The van der Waals surface area contributed by atoms with E-state index in [1.54, 1.807) is 7.05 Å². The van der Waals surface area contributed by atoms with Gasteiger partial charge in [0.25, 0.3) is 0 Å². The van der Waals surface area contributed by atoms with Gasteiger partial charge in [-0.25, -0.2) is 4.79 Å². The molecule has 7 nitrogen and oxygen atoms in total. The van der Waals surface area contributed by atoms with Crippen LogP contribution in [0, 0.1) is 0 Å². The topological polar surface area (TPSA) is 95.9 Å². The van der Waals surface area contributed by atoms with Gasteiger partial charge in [-0.2, -0.15) is 0 Å². The number of amides is 2. The van der Waals surface area contributed by atoms with Crippen LogP contribution in [0.15, 0.2) is 66.0 Å². The van der Waals surface area contributed by atoms with Crippen molar-refractivity contribution >= 4 is 29.3 Å². The van der Waals surface area contributed by atoms with Gasteiger partial charge in [0.1, 0.15) is 12.6 Å². The monoisotopic (exact) mass is 478 g/mol. The van der Waals surface area contributed by atoms with Crippen LogP contribution in [0.3, 0.4) is 0 Å². The number of nitrogens with zero attached hydrogens (tertiary/aromatic N) is 1. The lowest BCUT2D eigenvalue weighted by molar-refractivity contribution is -0.137. The number of aliphatic carboxylic acids is 1. The summed E-state index contributed by atoms with van der Waals surface area (Å²) in [4.78, 5) is 39.2. The summed E-state index contributed by atoms with van der Waals surface area (Å²) in [6.45, 7) is 0.497. The number of fused-ring (bicyclic) bond motifs is 3. The lowest BCUT2D eigenvalue weighted by Gasteiger charge is -2.24. The van der Waals surface area contributed by atoms with Crippen molar-refractivity contribution in [3.8, 4) is 11.1 Å². The van der Waals surface area contributed by atoms with Gasteiger partial charge in [0.05, 0.1) is 6.54 Å². The molecule has 34 heavy (non-hydrogen) atoms. The zero-order valence-electron chi connectivity index (χ0n) is 18.8. The number of carbonyl (C=O) groups excluding carboxylic acids is 2. The number of alkyl carbamates (subject to hydrolysis) is 1. The summed E-state index contributed by atoms with van der Waals surface area (Å²) >= 11 is 1.52. The van der Waals surface area contributed by atoms with E-state index in [1.807, 2.05) is 53.9 Å². The third-order valence-electron chi connectivity index (χ3n) is 5.93. The standard InChI is InChI=1S/C26H26N2O5S/c1-28(15-17-7-6-14-34-17)25(31)23(12-13-24(29)30)27-26(32)33-16-22-20-10-4-2-8-18(20)19-9-3-5-11-21(19)22/h2-11,14,22-23H,12-13,15-16H2,1H3,(H,27,32)(H,29,30). The van der Waals surface area contributed by atoms with E-state index in [2.05, 4.69) is 17.4 Å². The number of hydrogen-bond acceptors (Lipinski definition) is 5. The van der Waals surface area contributed by atoms with Crippen molar-refractivity contribution in [1.82, 2.24) is 10.2 Å². The van der Waals surface area contributed by atoms with E-state index in [4.69, 9.17) is 9.84 Å². The van der Waals surface area contributed by atoms with Crippen LogP contribution >= 0.6 is 11.3 Å². The Morgan fingerprint density at radius 3 is 2.26 bits per heavy atom. The number of rotatable bonds is 9. The molecule has 0 saturated carbocycles. The Bertz CT molecular complexity index is 1130. The van der Waals surface area contributed by atoms with Crippen LogP contribution in [0.2, 0.25) is 0 Å². The van der Waals surface area contributed by atoms with Gasteiger partial charge in [-0.3, -0.25) is 9.59 Å². The summed E-state index contributed by atoms with van der Waals surface area (Å²) in [5.74, 6) is -1.50. The average Bonchev–Trinajstić information content (AvgIpc) is 3.46. The molecule has 2 amide bonds. The summed E-state index contributed by atoms with van der Waals surface area (Å²) in [6.07, 6.45) is -1.00. The third-order valence-corrected chi connectivity index (χ3v) is 6.79. The number of nitrogens with one attached hydrogen (secondary N) is 1. The lowest BCUT2D eigenvalue weighted by Crippen LogP contribution is -2.47. The van der Waals surface area contributed by atoms with E-state index in [0.29, 0.717) is 6.54 Å². The molecular formula is C26H26N2O5S. The quantitative estimate of drug-likeness (QED) is 0.473. The number of benzene rings is 2. The molecule has 0 radical (unpaired) electrons. The first-order valence-electron chi connectivity index (χ1n) is 11.0. The first kappa shape index (κ1) is 23.5. The normalized spacial score (nSPS) is 13.0. The van der Waals surface area contributed by atoms with E-state index >= 15 is 0 Å². The van der Waals surface area contributed by atoms with Crippen LogP contribution in [0.4, 0.5) is 4.79 Å². The van der Waals surface area contributed by atoms with Crippen molar-refractivity contribution in [2.75, 3.05) is 13.7 Å². The number of carbonyl (C=O) groups is 3. The second-order valence-corrected chi connectivity index (χ2v) is 9.26. The van der Waals surface area contributed by atoms with E-state index in [0.717, 1.165) is 27.1 Å². The Morgan fingerprint density at radius 1 is 1.03 bits per heavy atom. The molecular weight excluding hydrogens is 452 g/mol. The fraction of sp³-hybridized carbons (Fsp3) is 0.269. The molecule has 2 N–H and O–H groups in total. The first-order chi connectivity index (χ1) is 16.4. The van der Waals surface area contributed by atoms with Gasteiger partial charge in [0, 0.05) is 24.3 Å². The number of carboxylic acid groups (broad SMARTS) is 1. The van der Waals surface area contributed by atoms with E-state index in [1.165, 1.54) is 16.2 Å². The molecule has 0 spiro atoms. The Labute approximate surface area is 202 Å². The molecule has 0 fully saturated rings. The smallest absolute Gasteiger partial charge is 0.407 e. The summed E-state index contributed by atoms with van der Waals surface area (Å²) in [6, 6.07) is 18.9. The highest BCUT2D eigenvalue weighted by molar-refractivity contribution is 7.09. The van der Waals surface area contributed by atoms with Crippen molar-refractivity contribution in [1.29, 1.82) is 0 Å². The minimum Gasteiger partial charge on any atom is -0.481 e. The summed E-state index contributed by atoms with van der Waals surface area (Å²) in [5, 5.41) is 13.6. The number of likely N-dealkylation sites (N-methyl/N-ethyl adjacent to an activating group) is 1. The zero-order valence-corrected chi connectivity index (χ0v) is 19.6. The van der Waals surface area contributed by atoms with Crippen molar-refractivity contribution in [3.05, 3.63) is 82.0 Å². The van der Waals surface area contributed by atoms with Crippen LogP contribution in [0.1, 0.15) is 34.8 Å². The van der Waals surface area contributed by atoms with Gasteiger partial charge in [-0.15, -0.1) is 11.3 Å². The Morgan fingerprint density at radius 2 is 1.68 bits per heavy atom. The highest BCUT2D eigenvalue weighted by atomic mass is 32.1. The number of hydrogen-bond donors (Lipinski definition) is 2. The summed E-state index contributed by atoms with van der Waals surface area (Å²) < 4.78 is 5.55. The lowest BCUT2D eigenvalue weighted by atomic mass is 9.98. The summed E-state index contributed by atoms with van der Waals surface area (Å²) in [5.41, 5.74) is 4.42. The first-order valence-corrected chi connectivity index (χ1v) is 11.9. The highest BCUT2D eigenvalue weighted by Gasteiger charge is 2.30. The second kappa shape index (κ2) is 10.5. The average molecular weight is 479 g/mol. The second-order valence-electron chi connectivity index (χ2n) is 8.23. The summed E-state index contributed by atoms with van der Waals surface area (Å²) in [7, 11) is 1.63. The molecule has 1 aliphatic carbocycles.